The van der Waals surface area contributed by atoms with Crippen LogP contribution in [0.15, 0.2) is 24.8 Å². The molecule has 0 radical (unpaired) electrons. The van der Waals surface area contributed by atoms with Gasteiger partial charge in [-0.1, -0.05) is 6.58 Å². The van der Waals surface area contributed by atoms with E-state index < -0.39 is 11.7 Å². The van der Waals surface area contributed by atoms with Crippen molar-refractivity contribution in [3.05, 3.63) is 35.9 Å². The third-order valence-electron chi connectivity index (χ3n) is 2.05. The smallest absolute Gasteiger partial charge is 0.416 e. The number of allylic oxidation sites excluding steroid dienone is 1. The second-order valence-electron chi connectivity index (χ2n) is 3.05. The Labute approximate surface area is 90.3 Å². The van der Waals surface area contributed by atoms with E-state index in [9.17, 15) is 18.0 Å². The van der Waals surface area contributed by atoms with Crippen molar-refractivity contribution in [3.8, 4) is 5.75 Å². The summed E-state index contributed by atoms with van der Waals surface area (Å²) in [6.45, 7) is 2.94. The molecule has 0 fully saturated rings. The van der Waals surface area contributed by atoms with E-state index in [4.69, 9.17) is 4.74 Å². The molecule has 16 heavy (non-hydrogen) atoms. The van der Waals surface area contributed by atoms with Crippen LogP contribution in [0.3, 0.4) is 0 Å². The van der Waals surface area contributed by atoms with Gasteiger partial charge in [0.25, 0.3) is 0 Å². The van der Waals surface area contributed by atoms with Crippen LogP contribution >= 0.6 is 0 Å². The van der Waals surface area contributed by atoms with Crippen LogP contribution in [0.25, 0.3) is 5.57 Å². The van der Waals surface area contributed by atoms with Gasteiger partial charge in [0.15, 0.2) is 6.29 Å². The van der Waals surface area contributed by atoms with Crippen LogP contribution in [-0.2, 0) is 0 Å². The van der Waals surface area contributed by atoms with Crippen LogP contribution in [0.5, 0.6) is 5.75 Å². The average Bonchev–Trinajstić information content (AvgIpc) is 2.26. The van der Waals surface area contributed by atoms with E-state index >= 15 is 0 Å². The normalized spacial score (nSPS) is 11.0. The summed E-state index contributed by atoms with van der Waals surface area (Å²) in [5, 5.41) is 0. The van der Waals surface area contributed by atoms with Gasteiger partial charge in [-0.05, 0) is 23.8 Å². The highest BCUT2D eigenvalue weighted by atomic mass is 19.4. The maximum absolute atomic E-state index is 12.4. The van der Waals surface area contributed by atoms with Gasteiger partial charge in [0.2, 0.25) is 0 Å². The molecule has 0 heterocycles. The highest BCUT2D eigenvalue weighted by molar-refractivity contribution is 5.86. The molecule has 0 aliphatic carbocycles. The molecule has 0 aliphatic heterocycles. The number of rotatable bonds is 3. The standard InChI is InChI=1S/C11H9F3O2/c1-7(11(12,13)14)10-4-3-9(16-2)5-8(10)6-15/h3-6H,1H2,2H3. The summed E-state index contributed by atoms with van der Waals surface area (Å²) in [6, 6.07) is 3.75. The van der Waals surface area contributed by atoms with E-state index in [1.54, 1.807) is 0 Å². The van der Waals surface area contributed by atoms with Crippen molar-refractivity contribution in [1.82, 2.24) is 0 Å². The third-order valence-corrected chi connectivity index (χ3v) is 2.05. The van der Waals surface area contributed by atoms with Crippen molar-refractivity contribution in [3.63, 3.8) is 0 Å². The van der Waals surface area contributed by atoms with E-state index in [-0.39, 0.29) is 11.1 Å². The molecule has 86 valence electrons. The molecule has 1 aromatic rings. The molecule has 0 aromatic heterocycles. The van der Waals surface area contributed by atoms with Crippen molar-refractivity contribution in [2.24, 2.45) is 0 Å². The number of alkyl halides is 3. The molecule has 1 rings (SSSR count). The topological polar surface area (TPSA) is 26.3 Å². The number of halogens is 3. The van der Waals surface area contributed by atoms with Crippen LogP contribution in [0.2, 0.25) is 0 Å². The average molecular weight is 230 g/mol. The van der Waals surface area contributed by atoms with Crippen LogP contribution in [-0.4, -0.2) is 19.6 Å². The zero-order chi connectivity index (χ0) is 12.3. The van der Waals surface area contributed by atoms with Crippen molar-refractivity contribution in [1.29, 1.82) is 0 Å². The fourth-order valence-electron chi connectivity index (χ4n) is 1.19. The first kappa shape index (κ1) is 12.3. The fourth-order valence-corrected chi connectivity index (χ4v) is 1.19. The second kappa shape index (κ2) is 4.38. The largest absolute Gasteiger partial charge is 0.497 e. The first-order valence-corrected chi connectivity index (χ1v) is 4.30. The minimum atomic E-state index is -4.55. The van der Waals surface area contributed by atoms with Gasteiger partial charge in [0.05, 0.1) is 12.7 Å². The van der Waals surface area contributed by atoms with Crippen molar-refractivity contribution >= 4 is 11.9 Å². The van der Waals surface area contributed by atoms with E-state index in [1.807, 2.05) is 0 Å². The SMILES string of the molecule is C=C(c1ccc(OC)cc1C=O)C(F)(F)F. The monoisotopic (exact) mass is 230 g/mol. The molecule has 0 atom stereocenters. The quantitative estimate of drug-likeness (QED) is 0.746. The molecular formula is C11H9F3O2. The van der Waals surface area contributed by atoms with Crippen molar-refractivity contribution < 1.29 is 22.7 Å². The minimum Gasteiger partial charge on any atom is -0.497 e. The Balaban J connectivity index is 3.24. The van der Waals surface area contributed by atoms with E-state index in [0.29, 0.717) is 12.0 Å². The number of carbonyl (C=O) groups excluding carboxylic acids is 1. The molecule has 5 heteroatoms. The lowest BCUT2D eigenvalue weighted by Crippen LogP contribution is -2.11. The summed E-state index contributed by atoms with van der Waals surface area (Å²) >= 11 is 0. The zero-order valence-corrected chi connectivity index (χ0v) is 8.47. The number of benzene rings is 1. The van der Waals surface area contributed by atoms with Crippen LogP contribution < -0.4 is 4.74 Å². The van der Waals surface area contributed by atoms with E-state index in [2.05, 4.69) is 6.58 Å². The Bertz CT molecular complexity index is 422. The lowest BCUT2D eigenvalue weighted by Gasteiger charge is -2.12. The van der Waals surface area contributed by atoms with Gasteiger partial charge >= 0.3 is 6.18 Å². The summed E-state index contributed by atoms with van der Waals surface area (Å²) < 4.78 is 42.0. The Morgan fingerprint density at radius 1 is 1.44 bits per heavy atom. The van der Waals surface area contributed by atoms with Gasteiger partial charge in [-0.3, -0.25) is 4.79 Å². The predicted octanol–water partition coefficient (Wildman–Crippen LogP) is 3.08. The van der Waals surface area contributed by atoms with E-state index in [1.165, 1.54) is 25.3 Å². The number of hydrogen-bond acceptors (Lipinski definition) is 2. The maximum atomic E-state index is 12.4. The number of carbonyl (C=O) groups is 1. The van der Waals surface area contributed by atoms with Gasteiger partial charge < -0.3 is 4.74 Å². The predicted molar refractivity (Wildman–Crippen MR) is 53.5 cm³/mol. The Morgan fingerprint density at radius 2 is 2.06 bits per heavy atom. The molecule has 0 unspecified atom stereocenters. The van der Waals surface area contributed by atoms with Gasteiger partial charge in [-0.25, -0.2) is 0 Å². The summed E-state index contributed by atoms with van der Waals surface area (Å²) in [4.78, 5) is 10.7. The Morgan fingerprint density at radius 3 is 2.50 bits per heavy atom. The van der Waals surface area contributed by atoms with Crippen molar-refractivity contribution in [2.75, 3.05) is 7.11 Å². The fraction of sp³-hybridized carbons (Fsp3) is 0.182. The Hall–Kier alpha value is -1.78. The molecule has 0 aliphatic rings. The molecule has 0 N–H and O–H groups in total. The first-order chi connectivity index (χ1) is 7.40. The molecule has 0 amide bonds. The number of hydrogen-bond donors (Lipinski definition) is 0. The van der Waals surface area contributed by atoms with Gasteiger partial charge in [0, 0.05) is 5.56 Å². The molecular weight excluding hydrogens is 221 g/mol. The molecule has 0 spiro atoms. The molecule has 0 bridgehead atoms. The summed E-state index contributed by atoms with van der Waals surface area (Å²) in [5.74, 6) is 0.320. The van der Waals surface area contributed by atoms with Gasteiger partial charge in [-0.15, -0.1) is 0 Å². The summed E-state index contributed by atoms with van der Waals surface area (Å²) in [6.07, 6.45) is -4.21. The zero-order valence-electron chi connectivity index (χ0n) is 8.47. The maximum Gasteiger partial charge on any atom is 0.416 e. The molecule has 1 aromatic carbocycles. The van der Waals surface area contributed by atoms with Crippen LogP contribution in [0, 0.1) is 0 Å². The van der Waals surface area contributed by atoms with Crippen molar-refractivity contribution in [2.45, 2.75) is 6.18 Å². The summed E-state index contributed by atoms with van der Waals surface area (Å²) in [7, 11) is 1.36. The molecule has 0 saturated heterocycles. The lowest BCUT2D eigenvalue weighted by atomic mass is 10.0. The second-order valence-corrected chi connectivity index (χ2v) is 3.05. The number of ether oxygens (including phenoxy) is 1. The minimum absolute atomic E-state index is 0.0957. The third kappa shape index (κ3) is 2.42. The van der Waals surface area contributed by atoms with E-state index in [0.717, 1.165) is 0 Å². The number of methoxy groups -OCH3 is 1. The molecule has 2 nitrogen and oxygen atoms in total. The van der Waals surface area contributed by atoms with Gasteiger partial charge in [0.1, 0.15) is 5.75 Å². The van der Waals surface area contributed by atoms with Crippen LogP contribution in [0.1, 0.15) is 15.9 Å². The number of aldehydes is 1. The Kier molecular flexibility index (Phi) is 3.37. The summed E-state index contributed by atoms with van der Waals surface area (Å²) in [5.41, 5.74) is -1.37. The van der Waals surface area contributed by atoms with Gasteiger partial charge in [-0.2, -0.15) is 13.2 Å². The first-order valence-electron chi connectivity index (χ1n) is 4.30. The van der Waals surface area contributed by atoms with Crippen LogP contribution in [0.4, 0.5) is 13.2 Å². The highest BCUT2D eigenvalue weighted by Crippen LogP contribution is 2.34. The highest BCUT2D eigenvalue weighted by Gasteiger charge is 2.34. The molecule has 0 saturated carbocycles. The lowest BCUT2D eigenvalue weighted by molar-refractivity contribution is -0.0686.